The predicted octanol–water partition coefficient (Wildman–Crippen LogP) is 9.05. The van der Waals surface area contributed by atoms with Gasteiger partial charge in [-0.1, -0.05) is 73.0 Å². The van der Waals surface area contributed by atoms with Crippen molar-refractivity contribution in [1.29, 1.82) is 0 Å². The van der Waals surface area contributed by atoms with Crippen molar-refractivity contribution >= 4 is 0 Å². The first-order valence-corrected chi connectivity index (χ1v) is 15.0. The number of hydrogen-bond acceptors (Lipinski definition) is 1. The van der Waals surface area contributed by atoms with Gasteiger partial charge in [0.25, 0.3) is 0 Å². The standard InChI is InChI=1S/C32H56O/c1-7-8-9-13-25-28-15-14-24-27-17-16-26(23(4)12-10-11-22(2)3)31(27,5)20-18-29(24)32(28,6)21-19-30(25)33/h8-9,22-30,33H,7,10-21H2,1-6H3/b9-8+/t23-,24+,25+,26-,27+,28+,29+,30+,31-,32+/m1/s1. The number of aliphatic hydroxyl groups excluding tert-OH is 1. The molecule has 33 heavy (non-hydrogen) atoms. The summed E-state index contributed by atoms with van der Waals surface area (Å²) in [5, 5.41) is 11.0. The Balaban J connectivity index is 1.47. The third-order valence-corrected chi connectivity index (χ3v) is 11.9. The van der Waals surface area contributed by atoms with E-state index in [9.17, 15) is 5.11 Å². The van der Waals surface area contributed by atoms with Gasteiger partial charge < -0.3 is 5.11 Å². The van der Waals surface area contributed by atoms with Crippen molar-refractivity contribution < 1.29 is 5.11 Å². The molecule has 1 nitrogen and oxygen atoms in total. The summed E-state index contributed by atoms with van der Waals surface area (Å²) in [5.74, 6) is 6.79. The van der Waals surface area contributed by atoms with Crippen LogP contribution in [-0.2, 0) is 0 Å². The third kappa shape index (κ3) is 4.75. The van der Waals surface area contributed by atoms with E-state index in [0.29, 0.717) is 16.7 Å². The maximum absolute atomic E-state index is 11.0. The summed E-state index contributed by atoms with van der Waals surface area (Å²) < 4.78 is 0. The fraction of sp³-hybridized carbons (Fsp3) is 0.938. The molecule has 4 fully saturated rings. The van der Waals surface area contributed by atoms with Crippen molar-refractivity contribution in [3.8, 4) is 0 Å². The highest BCUT2D eigenvalue weighted by Gasteiger charge is 2.61. The molecule has 10 atom stereocenters. The Kier molecular flexibility index (Phi) is 8.09. The molecule has 0 saturated heterocycles. The summed E-state index contributed by atoms with van der Waals surface area (Å²) in [6.07, 6.45) is 22.2. The van der Waals surface area contributed by atoms with E-state index in [1.807, 2.05) is 0 Å². The van der Waals surface area contributed by atoms with Crippen molar-refractivity contribution in [1.82, 2.24) is 0 Å². The Morgan fingerprint density at radius 2 is 1.52 bits per heavy atom. The zero-order valence-electron chi connectivity index (χ0n) is 23.0. The molecule has 0 aromatic carbocycles. The fourth-order valence-corrected chi connectivity index (χ4v) is 10.3. The van der Waals surface area contributed by atoms with Gasteiger partial charge in [0.2, 0.25) is 0 Å². The van der Waals surface area contributed by atoms with E-state index < -0.39 is 0 Å². The summed E-state index contributed by atoms with van der Waals surface area (Å²) in [5.41, 5.74) is 1.06. The Hall–Kier alpha value is -0.300. The molecule has 1 heteroatoms. The summed E-state index contributed by atoms with van der Waals surface area (Å²) >= 11 is 0. The van der Waals surface area contributed by atoms with E-state index in [4.69, 9.17) is 0 Å². The third-order valence-electron chi connectivity index (χ3n) is 11.9. The van der Waals surface area contributed by atoms with Crippen molar-refractivity contribution in [2.45, 2.75) is 131 Å². The summed E-state index contributed by atoms with van der Waals surface area (Å²) in [7, 11) is 0. The second-order valence-corrected chi connectivity index (χ2v) is 14.0. The van der Waals surface area contributed by atoms with Crippen LogP contribution >= 0.6 is 0 Å². The Bertz CT molecular complexity index is 665. The molecule has 0 aromatic rings. The molecule has 0 heterocycles. The van der Waals surface area contributed by atoms with E-state index in [1.165, 1.54) is 64.2 Å². The van der Waals surface area contributed by atoms with Crippen LogP contribution in [0.3, 0.4) is 0 Å². The van der Waals surface area contributed by atoms with Crippen LogP contribution in [-0.4, -0.2) is 11.2 Å². The molecule has 190 valence electrons. The summed E-state index contributed by atoms with van der Waals surface area (Å²) in [6.45, 7) is 15.0. The average molecular weight is 457 g/mol. The van der Waals surface area contributed by atoms with Crippen LogP contribution in [0.4, 0.5) is 0 Å². The number of aliphatic hydroxyl groups is 1. The van der Waals surface area contributed by atoms with Gasteiger partial charge >= 0.3 is 0 Å². The SMILES string of the molecule is CC/C=C/C[C@@H]1[C@@H](O)CC[C@@]2(C)[C@H]1CC[C@@H]1[C@@H]2CC[C@]2(C)[C@@H]([C@H](C)CCCC(C)C)CC[C@@H]12. The Labute approximate surface area is 206 Å². The lowest BCUT2D eigenvalue weighted by Gasteiger charge is -2.62. The normalized spacial score (nSPS) is 46.2. The number of hydrogen-bond donors (Lipinski definition) is 1. The molecule has 4 saturated carbocycles. The molecule has 0 amide bonds. The van der Waals surface area contributed by atoms with Crippen LogP contribution in [0.5, 0.6) is 0 Å². The lowest BCUT2D eigenvalue weighted by molar-refractivity contribution is -0.152. The van der Waals surface area contributed by atoms with Crippen molar-refractivity contribution in [3.05, 3.63) is 12.2 Å². The van der Waals surface area contributed by atoms with Crippen LogP contribution in [0.1, 0.15) is 125 Å². The van der Waals surface area contributed by atoms with Gasteiger partial charge in [-0.3, -0.25) is 0 Å². The number of fused-ring (bicyclic) bond motifs is 5. The van der Waals surface area contributed by atoms with Crippen molar-refractivity contribution in [2.75, 3.05) is 0 Å². The van der Waals surface area contributed by atoms with Gasteiger partial charge in [-0.05, 0) is 122 Å². The van der Waals surface area contributed by atoms with E-state index >= 15 is 0 Å². The number of allylic oxidation sites excluding steroid dienone is 2. The van der Waals surface area contributed by atoms with Crippen LogP contribution < -0.4 is 0 Å². The highest BCUT2D eigenvalue weighted by Crippen LogP contribution is 2.69. The number of rotatable bonds is 8. The van der Waals surface area contributed by atoms with Crippen molar-refractivity contribution in [2.24, 2.45) is 58.2 Å². The topological polar surface area (TPSA) is 20.2 Å². The minimum absolute atomic E-state index is 0.0717. The first-order valence-electron chi connectivity index (χ1n) is 15.0. The Morgan fingerprint density at radius 3 is 2.24 bits per heavy atom. The van der Waals surface area contributed by atoms with E-state index in [1.54, 1.807) is 0 Å². The average Bonchev–Trinajstić information content (AvgIpc) is 3.12. The quantitative estimate of drug-likeness (QED) is 0.361. The van der Waals surface area contributed by atoms with Crippen LogP contribution in [0.2, 0.25) is 0 Å². The molecule has 0 spiro atoms. The molecule has 0 unspecified atom stereocenters. The fourth-order valence-electron chi connectivity index (χ4n) is 10.3. The minimum atomic E-state index is -0.0717. The molecule has 0 bridgehead atoms. The molecule has 4 rings (SSSR count). The van der Waals surface area contributed by atoms with Gasteiger partial charge in [0.15, 0.2) is 0 Å². The van der Waals surface area contributed by atoms with Gasteiger partial charge in [-0.2, -0.15) is 0 Å². The van der Waals surface area contributed by atoms with Crippen LogP contribution in [0, 0.1) is 58.2 Å². The van der Waals surface area contributed by atoms with Gasteiger partial charge in [0.1, 0.15) is 0 Å². The zero-order chi connectivity index (χ0) is 23.8. The van der Waals surface area contributed by atoms with Gasteiger partial charge in [0, 0.05) is 0 Å². The van der Waals surface area contributed by atoms with Crippen LogP contribution in [0.25, 0.3) is 0 Å². The van der Waals surface area contributed by atoms with Gasteiger partial charge in [0.05, 0.1) is 6.10 Å². The minimum Gasteiger partial charge on any atom is -0.393 e. The monoisotopic (exact) mass is 456 g/mol. The lowest BCUT2D eigenvalue weighted by atomic mass is 9.43. The smallest absolute Gasteiger partial charge is 0.0574 e. The molecule has 0 aromatic heterocycles. The predicted molar refractivity (Wildman–Crippen MR) is 142 cm³/mol. The van der Waals surface area contributed by atoms with E-state index in [0.717, 1.165) is 60.7 Å². The largest absolute Gasteiger partial charge is 0.393 e. The van der Waals surface area contributed by atoms with Crippen molar-refractivity contribution in [3.63, 3.8) is 0 Å². The highest BCUT2D eigenvalue weighted by atomic mass is 16.3. The summed E-state index contributed by atoms with van der Waals surface area (Å²) in [6, 6.07) is 0. The first kappa shape index (κ1) is 25.8. The molecular formula is C32H56O. The van der Waals surface area contributed by atoms with Crippen LogP contribution in [0.15, 0.2) is 12.2 Å². The van der Waals surface area contributed by atoms with Gasteiger partial charge in [-0.25, -0.2) is 0 Å². The summed E-state index contributed by atoms with van der Waals surface area (Å²) in [4.78, 5) is 0. The molecule has 4 aliphatic rings. The van der Waals surface area contributed by atoms with E-state index in [-0.39, 0.29) is 6.10 Å². The molecular weight excluding hydrogens is 400 g/mol. The lowest BCUT2D eigenvalue weighted by Crippen LogP contribution is -2.56. The van der Waals surface area contributed by atoms with Gasteiger partial charge in [-0.15, -0.1) is 0 Å². The zero-order valence-corrected chi connectivity index (χ0v) is 23.0. The molecule has 4 aliphatic carbocycles. The van der Waals surface area contributed by atoms with E-state index in [2.05, 4.69) is 53.7 Å². The Morgan fingerprint density at radius 1 is 0.818 bits per heavy atom. The second kappa shape index (κ2) is 10.4. The molecule has 1 N–H and O–H groups in total. The maximum atomic E-state index is 11.0. The molecule has 0 radical (unpaired) electrons. The second-order valence-electron chi connectivity index (χ2n) is 14.0. The first-order chi connectivity index (χ1) is 15.7. The molecule has 0 aliphatic heterocycles. The highest BCUT2D eigenvalue weighted by molar-refractivity contribution is 5.11. The maximum Gasteiger partial charge on any atom is 0.0574 e.